The zero-order valence-electron chi connectivity index (χ0n) is 12.4. The third-order valence-corrected chi connectivity index (χ3v) is 4.04. The number of rotatable bonds is 6. The summed E-state index contributed by atoms with van der Waals surface area (Å²) in [6, 6.07) is 2.50. The molecule has 11 heteroatoms. The quantitative estimate of drug-likeness (QED) is 0.615. The predicted octanol–water partition coefficient (Wildman–Crippen LogP) is 2.37. The van der Waals surface area contributed by atoms with Gasteiger partial charge in [0.2, 0.25) is 0 Å². The first-order chi connectivity index (χ1) is 11.7. The van der Waals surface area contributed by atoms with Crippen molar-refractivity contribution in [2.75, 3.05) is 0 Å². The van der Waals surface area contributed by atoms with Gasteiger partial charge >= 0.3 is 6.61 Å². The molecule has 1 unspecified atom stereocenters. The molecule has 2 heterocycles. The first kappa shape index (κ1) is 17.5. The minimum absolute atomic E-state index is 0.0407. The maximum absolute atomic E-state index is 13.3. The van der Waals surface area contributed by atoms with Crippen LogP contribution in [0.2, 0.25) is 0 Å². The first-order valence-corrected chi connectivity index (χ1v) is 8.38. The van der Waals surface area contributed by atoms with Crippen LogP contribution in [0.15, 0.2) is 24.5 Å². The third-order valence-electron chi connectivity index (χ3n) is 3.46. The molecule has 1 atom stereocenters. The molecule has 1 saturated carbocycles. The zero-order valence-corrected chi connectivity index (χ0v) is 13.3. The van der Waals surface area contributed by atoms with Gasteiger partial charge in [-0.15, -0.1) is 0 Å². The Morgan fingerprint density at radius 2 is 1.96 bits per heavy atom. The van der Waals surface area contributed by atoms with Gasteiger partial charge in [0, 0.05) is 18.2 Å². The van der Waals surface area contributed by atoms with E-state index in [-0.39, 0.29) is 28.5 Å². The van der Waals surface area contributed by atoms with Crippen molar-refractivity contribution >= 4 is 10.7 Å². The van der Waals surface area contributed by atoms with Gasteiger partial charge in [-0.25, -0.2) is 27.2 Å². The van der Waals surface area contributed by atoms with E-state index >= 15 is 0 Å². The van der Waals surface area contributed by atoms with Crippen LogP contribution in [0.1, 0.15) is 23.9 Å². The molecule has 2 aromatic rings. The first-order valence-electron chi connectivity index (χ1n) is 7.02. The van der Waals surface area contributed by atoms with Crippen LogP contribution in [0.5, 0.6) is 5.75 Å². The monoisotopic (exact) mass is 377 g/mol. The van der Waals surface area contributed by atoms with Crippen LogP contribution < -0.4 is 4.74 Å². The summed E-state index contributed by atoms with van der Waals surface area (Å²) in [6.07, 6.45) is 1.91. The molecule has 0 aromatic carbocycles. The maximum Gasteiger partial charge on any atom is 0.387 e. The summed E-state index contributed by atoms with van der Waals surface area (Å²) in [6.45, 7) is -3.05. The van der Waals surface area contributed by atoms with Crippen molar-refractivity contribution in [2.45, 2.75) is 30.6 Å². The Labute approximate surface area is 140 Å². The molecule has 1 aliphatic carbocycles. The SMILES string of the molecule is O=[SH](=O)Cc1cc(-c2cncc(OC(F)F)c2)nc(C2CC2(F)F)n1. The van der Waals surface area contributed by atoms with Gasteiger partial charge in [-0.2, -0.15) is 8.78 Å². The lowest BCUT2D eigenvalue weighted by atomic mass is 10.1. The maximum atomic E-state index is 13.3. The number of aromatic nitrogens is 3. The van der Waals surface area contributed by atoms with Crippen molar-refractivity contribution in [3.63, 3.8) is 0 Å². The standard InChI is InChI=1S/C14H11F4N3O3S/c15-13(16)24-9-1-7(4-19-5-9)11-2-8(6-25(22)23)20-12(21-11)10-3-14(10,17)18/h1-2,4-5,10,13,25H,3,6H2. The number of nitrogens with zero attached hydrogens (tertiary/aromatic N) is 3. The Bertz CT molecular complexity index is 868. The van der Waals surface area contributed by atoms with E-state index in [4.69, 9.17) is 0 Å². The Balaban J connectivity index is 2.01. The van der Waals surface area contributed by atoms with Crippen LogP contribution in [0.3, 0.4) is 0 Å². The minimum Gasteiger partial charge on any atom is -0.433 e. The van der Waals surface area contributed by atoms with Gasteiger partial charge in [-0.05, 0) is 12.1 Å². The Hall–Kier alpha value is -2.30. The molecule has 3 rings (SSSR count). The second kappa shape index (κ2) is 6.54. The normalized spacial score (nSPS) is 18.6. The second-order valence-electron chi connectivity index (χ2n) is 5.40. The molecule has 0 aliphatic heterocycles. The molecule has 1 fully saturated rings. The summed E-state index contributed by atoms with van der Waals surface area (Å²) in [5.41, 5.74) is 0.360. The molecule has 0 amide bonds. The van der Waals surface area contributed by atoms with Crippen LogP contribution in [-0.2, 0) is 16.5 Å². The highest BCUT2D eigenvalue weighted by molar-refractivity contribution is 7.71. The summed E-state index contributed by atoms with van der Waals surface area (Å²) in [5, 5.41) is 0. The van der Waals surface area contributed by atoms with Gasteiger partial charge in [-0.3, -0.25) is 4.98 Å². The molecule has 0 saturated heterocycles. The lowest BCUT2D eigenvalue weighted by Gasteiger charge is -2.08. The smallest absolute Gasteiger partial charge is 0.387 e. The average molecular weight is 377 g/mol. The summed E-state index contributed by atoms with van der Waals surface area (Å²) < 4.78 is 77.3. The van der Waals surface area contributed by atoms with Gasteiger partial charge in [0.25, 0.3) is 5.92 Å². The Kier molecular flexibility index (Phi) is 4.58. The fourth-order valence-corrected chi connectivity index (χ4v) is 2.68. The van der Waals surface area contributed by atoms with Crippen molar-refractivity contribution in [3.05, 3.63) is 36.0 Å². The number of pyridine rings is 1. The number of thiol groups is 1. The van der Waals surface area contributed by atoms with Crippen LogP contribution >= 0.6 is 0 Å². The van der Waals surface area contributed by atoms with Crippen LogP contribution in [0, 0.1) is 0 Å². The molecular formula is C14H11F4N3O3S. The molecule has 0 spiro atoms. The van der Waals surface area contributed by atoms with E-state index in [9.17, 15) is 26.0 Å². The van der Waals surface area contributed by atoms with Crippen molar-refractivity contribution in [1.29, 1.82) is 0 Å². The molecule has 1 aliphatic rings. The van der Waals surface area contributed by atoms with E-state index in [0.717, 1.165) is 6.20 Å². The van der Waals surface area contributed by atoms with E-state index in [0.29, 0.717) is 0 Å². The fourth-order valence-electron chi connectivity index (χ4n) is 2.25. The highest BCUT2D eigenvalue weighted by Crippen LogP contribution is 2.54. The number of ether oxygens (including phenoxy) is 1. The number of hydrogen-bond donors (Lipinski definition) is 1. The average Bonchev–Trinajstić information content (AvgIpc) is 3.15. The van der Waals surface area contributed by atoms with Crippen LogP contribution in [0.25, 0.3) is 11.3 Å². The molecule has 0 radical (unpaired) electrons. The summed E-state index contributed by atoms with van der Waals surface area (Å²) >= 11 is 0. The predicted molar refractivity (Wildman–Crippen MR) is 78.2 cm³/mol. The van der Waals surface area contributed by atoms with E-state index in [1.54, 1.807) is 0 Å². The van der Waals surface area contributed by atoms with Gasteiger partial charge in [0.15, 0.2) is 0 Å². The molecular weight excluding hydrogens is 366 g/mol. The number of halogens is 4. The zero-order chi connectivity index (χ0) is 18.2. The van der Waals surface area contributed by atoms with E-state index in [1.165, 1.54) is 18.3 Å². The highest BCUT2D eigenvalue weighted by atomic mass is 32.2. The van der Waals surface area contributed by atoms with Gasteiger partial charge in [0.05, 0.1) is 29.3 Å². The van der Waals surface area contributed by atoms with Crippen LogP contribution in [0.4, 0.5) is 17.6 Å². The lowest BCUT2D eigenvalue weighted by Crippen LogP contribution is -2.05. The molecule has 0 bridgehead atoms. The summed E-state index contributed by atoms with van der Waals surface area (Å²) in [4.78, 5) is 11.6. The fraction of sp³-hybridized carbons (Fsp3) is 0.357. The lowest BCUT2D eigenvalue weighted by molar-refractivity contribution is -0.0500. The molecule has 2 aromatic heterocycles. The largest absolute Gasteiger partial charge is 0.433 e. The van der Waals surface area contributed by atoms with Gasteiger partial charge in [0.1, 0.15) is 22.3 Å². The van der Waals surface area contributed by atoms with Crippen molar-refractivity contribution in [3.8, 4) is 17.0 Å². The second-order valence-corrected chi connectivity index (χ2v) is 6.38. The number of hydrogen-bond acceptors (Lipinski definition) is 6. The molecule has 0 N–H and O–H groups in total. The van der Waals surface area contributed by atoms with Gasteiger partial charge < -0.3 is 4.74 Å². The molecule has 6 nitrogen and oxygen atoms in total. The van der Waals surface area contributed by atoms with E-state index in [1.807, 2.05) is 0 Å². The van der Waals surface area contributed by atoms with E-state index in [2.05, 4.69) is 19.7 Å². The third kappa shape index (κ3) is 4.21. The van der Waals surface area contributed by atoms with Crippen LogP contribution in [-0.4, -0.2) is 35.9 Å². The van der Waals surface area contributed by atoms with E-state index < -0.39 is 41.3 Å². The van der Waals surface area contributed by atoms with Crippen molar-refractivity contribution < 1.29 is 30.7 Å². The minimum atomic E-state index is -3.05. The number of alkyl halides is 4. The molecule has 134 valence electrons. The summed E-state index contributed by atoms with van der Waals surface area (Å²) in [5.74, 6) is -5.00. The van der Waals surface area contributed by atoms with Crippen molar-refractivity contribution in [2.24, 2.45) is 0 Å². The Morgan fingerprint density at radius 1 is 1.24 bits per heavy atom. The Morgan fingerprint density at radius 3 is 2.56 bits per heavy atom. The van der Waals surface area contributed by atoms with Crippen molar-refractivity contribution in [1.82, 2.24) is 15.0 Å². The summed E-state index contributed by atoms with van der Waals surface area (Å²) in [7, 11) is -2.83. The topological polar surface area (TPSA) is 82.0 Å². The highest BCUT2D eigenvalue weighted by Gasteiger charge is 2.59. The van der Waals surface area contributed by atoms with Gasteiger partial charge in [-0.1, -0.05) is 0 Å². The molecule has 25 heavy (non-hydrogen) atoms.